The molecule has 1 amide bonds. The second-order valence-corrected chi connectivity index (χ2v) is 4.12. The lowest BCUT2D eigenvalue weighted by molar-refractivity contribution is 0.0362. The maximum atomic E-state index is 11.8. The maximum Gasteiger partial charge on any atom is 0.253 e. The van der Waals surface area contributed by atoms with Crippen LogP contribution in [0.3, 0.4) is 0 Å². The zero-order valence-corrected chi connectivity index (χ0v) is 8.81. The Bertz CT molecular complexity index is 352. The molecule has 0 aromatic heterocycles. The smallest absolute Gasteiger partial charge is 0.253 e. The van der Waals surface area contributed by atoms with Gasteiger partial charge in [-0.2, -0.15) is 0 Å². The third kappa shape index (κ3) is 2.02. The van der Waals surface area contributed by atoms with Crippen LogP contribution < -0.4 is 0 Å². The maximum absolute atomic E-state index is 11.8. The van der Waals surface area contributed by atoms with Gasteiger partial charge in [0.15, 0.2) is 0 Å². The predicted molar refractivity (Wildman–Crippen MR) is 57.7 cm³/mol. The molecule has 1 heterocycles. The van der Waals surface area contributed by atoms with Crippen molar-refractivity contribution in [2.75, 3.05) is 19.7 Å². The van der Waals surface area contributed by atoms with Crippen molar-refractivity contribution in [2.24, 2.45) is 5.92 Å². The van der Waals surface area contributed by atoms with E-state index in [1.54, 1.807) is 4.90 Å². The van der Waals surface area contributed by atoms with Crippen molar-refractivity contribution in [3.05, 3.63) is 35.4 Å². The third-order valence-electron chi connectivity index (χ3n) is 2.80. The lowest BCUT2D eigenvalue weighted by Crippen LogP contribution is -2.51. The first-order valence-electron chi connectivity index (χ1n) is 5.17. The minimum absolute atomic E-state index is 0.0692. The fourth-order valence-corrected chi connectivity index (χ4v) is 1.73. The summed E-state index contributed by atoms with van der Waals surface area (Å²) in [5.41, 5.74) is 1.89. The van der Waals surface area contributed by atoms with Crippen LogP contribution in [0, 0.1) is 12.8 Å². The Morgan fingerprint density at radius 2 is 2.00 bits per heavy atom. The number of amides is 1. The lowest BCUT2D eigenvalue weighted by atomic mass is 10.00. The molecule has 3 nitrogen and oxygen atoms in total. The molecule has 0 atom stereocenters. The molecule has 3 heteroatoms. The minimum atomic E-state index is 0.0692. The first-order valence-corrected chi connectivity index (χ1v) is 5.17. The van der Waals surface area contributed by atoms with Gasteiger partial charge in [-0.25, -0.2) is 0 Å². The number of benzene rings is 1. The molecule has 1 aromatic rings. The van der Waals surface area contributed by atoms with Crippen molar-refractivity contribution in [3.8, 4) is 0 Å². The van der Waals surface area contributed by atoms with Crippen LogP contribution in [0.1, 0.15) is 15.9 Å². The number of aliphatic hydroxyl groups excluding tert-OH is 1. The van der Waals surface area contributed by atoms with E-state index in [0.29, 0.717) is 13.1 Å². The van der Waals surface area contributed by atoms with E-state index < -0.39 is 0 Å². The average Bonchev–Trinajstić information content (AvgIpc) is 2.17. The number of aryl methyl sites for hydroxylation is 1. The van der Waals surface area contributed by atoms with Gasteiger partial charge in [-0.3, -0.25) is 4.79 Å². The van der Waals surface area contributed by atoms with E-state index in [4.69, 9.17) is 5.11 Å². The van der Waals surface area contributed by atoms with Crippen molar-refractivity contribution in [3.63, 3.8) is 0 Å². The normalized spacial score (nSPS) is 16.3. The quantitative estimate of drug-likeness (QED) is 0.784. The molecule has 0 bridgehead atoms. The number of nitrogens with zero attached hydrogens (tertiary/aromatic N) is 1. The summed E-state index contributed by atoms with van der Waals surface area (Å²) in [5, 5.41) is 8.85. The molecule has 1 N–H and O–H groups in total. The largest absolute Gasteiger partial charge is 0.396 e. The zero-order chi connectivity index (χ0) is 10.8. The number of likely N-dealkylation sites (tertiary alicyclic amines) is 1. The highest BCUT2D eigenvalue weighted by Gasteiger charge is 2.30. The Morgan fingerprint density at radius 3 is 2.53 bits per heavy atom. The van der Waals surface area contributed by atoms with Gasteiger partial charge in [0, 0.05) is 31.2 Å². The molecule has 0 aliphatic carbocycles. The van der Waals surface area contributed by atoms with Gasteiger partial charge in [-0.1, -0.05) is 17.7 Å². The van der Waals surface area contributed by atoms with Gasteiger partial charge in [-0.15, -0.1) is 0 Å². The second-order valence-electron chi connectivity index (χ2n) is 4.12. The number of hydrogen-bond donors (Lipinski definition) is 1. The summed E-state index contributed by atoms with van der Waals surface area (Å²) in [4.78, 5) is 13.6. The molecule has 15 heavy (non-hydrogen) atoms. The number of carbonyl (C=O) groups excluding carboxylic acids is 1. The van der Waals surface area contributed by atoms with Gasteiger partial charge < -0.3 is 10.0 Å². The molecular weight excluding hydrogens is 190 g/mol. The fourth-order valence-electron chi connectivity index (χ4n) is 1.73. The van der Waals surface area contributed by atoms with Crippen LogP contribution in [-0.2, 0) is 0 Å². The fraction of sp³-hybridized carbons (Fsp3) is 0.417. The van der Waals surface area contributed by atoms with E-state index >= 15 is 0 Å². The molecule has 2 rings (SSSR count). The highest BCUT2D eigenvalue weighted by molar-refractivity contribution is 5.94. The molecule has 1 aromatic carbocycles. The summed E-state index contributed by atoms with van der Waals surface area (Å²) in [6.07, 6.45) is 0. The van der Waals surface area contributed by atoms with Gasteiger partial charge in [-0.05, 0) is 19.1 Å². The molecular formula is C12H15NO2. The molecule has 0 radical (unpaired) electrons. The summed E-state index contributed by atoms with van der Waals surface area (Å²) in [6.45, 7) is 3.55. The first-order chi connectivity index (χ1) is 7.20. The second kappa shape index (κ2) is 4.03. The summed E-state index contributed by atoms with van der Waals surface area (Å²) >= 11 is 0. The van der Waals surface area contributed by atoms with Crippen molar-refractivity contribution < 1.29 is 9.90 Å². The van der Waals surface area contributed by atoms with E-state index in [1.165, 1.54) is 0 Å². The van der Waals surface area contributed by atoms with Crippen LogP contribution in [0.5, 0.6) is 0 Å². The molecule has 0 saturated carbocycles. The molecule has 1 aliphatic rings. The number of aliphatic hydroxyl groups is 1. The van der Waals surface area contributed by atoms with Crippen LogP contribution >= 0.6 is 0 Å². The van der Waals surface area contributed by atoms with Gasteiger partial charge in [0.1, 0.15) is 0 Å². The van der Waals surface area contributed by atoms with Crippen molar-refractivity contribution >= 4 is 5.91 Å². The zero-order valence-electron chi connectivity index (χ0n) is 8.81. The highest BCUT2D eigenvalue weighted by Crippen LogP contribution is 2.18. The Morgan fingerprint density at radius 1 is 1.40 bits per heavy atom. The standard InChI is InChI=1S/C12H15NO2/c1-9-2-4-11(5-3-9)12(15)13-6-10(7-13)8-14/h2-5,10,14H,6-8H2,1H3. The van der Waals surface area contributed by atoms with Crippen LogP contribution in [0.25, 0.3) is 0 Å². The third-order valence-corrected chi connectivity index (χ3v) is 2.80. The van der Waals surface area contributed by atoms with Gasteiger partial charge in [0.25, 0.3) is 5.91 Å². The number of rotatable bonds is 2. The highest BCUT2D eigenvalue weighted by atomic mass is 16.3. The van der Waals surface area contributed by atoms with E-state index in [2.05, 4.69) is 0 Å². The van der Waals surface area contributed by atoms with Crippen LogP contribution in [0.2, 0.25) is 0 Å². The van der Waals surface area contributed by atoms with Crippen molar-refractivity contribution in [2.45, 2.75) is 6.92 Å². The van der Waals surface area contributed by atoms with Crippen molar-refractivity contribution in [1.29, 1.82) is 0 Å². The van der Waals surface area contributed by atoms with Crippen molar-refractivity contribution in [1.82, 2.24) is 4.90 Å². The minimum Gasteiger partial charge on any atom is -0.396 e. The molecule has 80 valence electrons. The summed E-state index contributed by atoms with van der Waals surface area (Å²) in [7, 11) is 0. The topological polar surface area (TPSA) is 40.5 Å². The number of hydrogen-bond acceptors (Lipinski definition) is 2. The van der Waals surface area contributed by atoms with Gasteiger partial charge >= 0.3 is 0 Å². The molecule has 0 unspecified atom stereocenters. The van der Waals surface area contributed by atoms with Gasteiger partial charge in [0.2, 0.25) is 0 Å². The molecule has 1 saturated heterocycles. The van der Waals surface area contributed by atoms with Crippen LogP contribution in [-0.4, -0.2) is 35.6 Å². The monoisotopic (exact) mass is 205 g/mol. The van der Waals surface area contributed by atoms with E-state index in [9.17, 15) is 4.79 Å². The number of carbonyl (C=O) groups is 1. The Hall–Kier alpha value is -1.35. The SMILES string of the molecule is Cc1ccc(C(=O)N2CC(CO)C2)cc1. The molecule has 0 spiro atoms. The summed E-state index contributed by atoms with van der Waals surface area (Å²) in [6, 6.07) is 7.58. The lowest BCUT2D eigenvalue weighted by Gasteiger charge is -2.38. The molecule has 1 fully saturated rings. The van der Waals surface area contributed by atoms with Gasteiger partial charge in [0.05, 0.1) is 0 Å². The van der Waals surface area contributed by atoms with E-state index in [-0.39, 0.29) is 18.4 Å². The van der Waals surface area contributed by atoms with Crippen LogP contribution in [0.15, 0.2) is 24.3 Å². The molecule has 1 aliphatic heterocycles. The Balaban J connectivity index is 2.00. The Kier molecular flexibility index (Phi) is 2.73. The average molecular weight is 205 g/mol. The van der Waals surface area contributed by atoms with E-state index in [0.717, 1.165) is 11.1 Å². The van der Waals surface area contributed by atoms with E-state index in [1.807, 2.05) is 31.2 Å². The van der Waals surface area contributed by atoms with Crippen LogP contribution in [0.4, 0.5) is 0 Å². The summed E-state index contributed by atoms with van der Waals surface area (Å²) < 4.78 is 0. The predicted octanol–water partition coefficient (Wildman–Crippen LogP) is 1.06. The first kappa shape index (κ1) is 10.2. The Labute approximate surface area is 89.3 Å². The summed E-state index contributed by atoms with van der Waals surface area (Å²) in [5.74, 6) is 0.346.